The summed E-state index contributed by atoms with van der Waals surface area (Å²) in [6, 6.07) is 7.56. The van der Waals surface area contributed by atoms with E-state index in [2.05, 4.69) is 20.5 Å². The second-order valence-electron chi connectivity index (χ2n) is 7.90. The zero-order valence-corrected chi connectivity index (χ0v) is 17.3. The minimum absolute atomic E-state index is 0.148. The number of likely N-dealkylation sites (tertiary alicyclic amines) is 1. The summed E-state index contributed by atoms with van der Waals surface area (Å²) in [5.41, 5.74) is 5.15. The van der Waals surface area contributed by atoms with Gasteiger partial charge in [-0.3, -0.25) is 19.3 Å². The van der Waals surface area contributed by atoms with Gasteiger partial charge in [-0.2, -0.15) is 0 Å². The number of amides is 2. The molecule has 1 fully saturated rings. The second kappa shape index (κ2) is 8.28. The van der Waals surface area contributed by atoms with Crippen molar-refractivity contribution in [1.29, 1.82) is 0 Å². The van der Waals surface area contributed by atoms with Crippen LogP contribution in [0.2, 0.25) is 0 Å². The van der Waals surface area contributed by atoms with Crippen LogP contribution < -0.4 is 10.6 Å². The summed E-state index contributed by atoms with van der Waals surface area (Å²) in [4.78, 5) is 42.1. The van der Waals surface area contributed by atoms with E-state index >= 15 is 0 Å². The van der Waals surface area contributed by atoms with Gasteiger partial charge in [0.2, 0.25) is 0 Å². The first-order chi connectivity index (χ1) is 14.4. The average molecular weight is 406 g/mol. The molecule has 7 nitrogen and oxygen atoms in total. The van der Waals surface area contributed by atoms with Gasteiger partial charge < -0.3 is 15.6 Å². The van der Waals surface area contributed by atoms with Gasteiger partial charge in [-0.1, -0.05) is 18.2 Å². The smallest absolute Gasteiger partial charge is 0.256 e. The lowest BCUT2D eigenvalue weighted by Crippen LogP contribution is -2.41. The standard InChI is InChI=1S/C23H26N4O3/c1-14-20(12-18-17-7-3-4-8-19(17)26-22(18)29)25-15(2)21(14)23(30)24-9-11-27-10-5-6-16(28)13-27/h3-4,7-8,12,25H,5-6,9-11,13H2,1-2H3,(H,24,30)(H,26,29)/b18-12-. The van der Waals surface area contributed by atoms with E-state index in [9.17, 15) is 14.4 Å². The van der Waals surface area contributed by atoms with Crippen LogP contribution in [-0.2, 0) is 9.59 Å². The highest BCUT2D eigenvalue weighted by atomic mass is 16.2. The number of carbonyl (C=O) groups is 3. The number of hydrogen-bond acceptors (Lipinski definition) is 4. The third-order valence-electron chi connectivity index (χ3n) is 5.75. The normalized spacial score (nSPS) is 17.9. The number of nitrogens with zero attached hydrogens (tertiary/aromatic N) is 1. The number of carbonyl (C=O) groups excluding carboxylic acids is 3. The molecule has 7 heteroatoms. The molecule has 2 aliphatic rings. The molecule has 156 valence electrons. The molecule has 0 saturated carbocycles. The molecule has 2 aliphatic heterocycles. The Morgan fingerprint density at radius 2 is 2.03 bits per heavy atom. The Morgan fingerprint density at radius 3 is 2.83 bits per heavy atom. The van der Waals surface area contributed by atoms with Gasteiger partial charge >= 0.3 is 0 Å². The average Bonchev–Trinajstić information content (AvgIpc) is 3.17. The first-order valence-corrected chi connectivity index (χ1v) is 10.3. The zero-order valence-electron chi connectivity index (χ0n) is 17.3. The number of ketones is 1. The lowest BCUT2D eigenvalue weighted by molar-refractivity contribution is -0.122. The molecule has 0 aliphatic carbocycles. The van der Waals surface area contributed by atoms with Crippen molar-refractivity contribution < 1.29 is 14.4 Å². The molecule has 0 spiro atoms. The summed E-state index contributed by atoms with van der Waals surface area (Å²) >= 11 is 0. The molecule has 1 aromatic heterocycles. The highest BCUT2D eigenvalue weighted by Crippen LogP contribution is 2.33. The number of aryl methyl sites for hydroxylation is 1. The predicted molar refractivity (Wildman–Crippen MR) is 116 cm³/mol. The molecule has 2 amide bonds. The maximum atomic E-state index is 12.8. The van der Waals surface area contributed by atoms with Gasteiger partial charge in [0.25, 0.3) is 11.8 Å². The first-order valence-electron chi connectivity index (χ1n) is 10.3. The number of hydrogen-bond donors (Lipinski definition) is 3. The van der Waals surface area contributed by atoms with E-state index < -0.39 is 0 Å². The van der Waals surface area contributed by atoms with Crippen molar-refractivity contribution in [1.82, 2.24) is 15.2 Å². The van der Waals surface area contributed by atoms with Gasteiger partial charge in [-0.15, -0.1) is 0 Å². The molecule has 2 aromatic rings. The molecule has 0 atom stereocenters. The van der Waals surface area contributed by atoms with Crippen LogP contribution in [0.4, 0.5) is 5.69 Å². The fraction of sp³-hybridized carbons (Fsp3) is 0.348. The van der Waals surface area contributed by atoms with Crippen molar-refractivity contribution >= 4 is 34.9 Å². The van der Waals surface area contributed by atoms with E-state index in [1.807, 2.05) is 38.1 Å². The zero-order chi connectivity index (χ0) is 21.3. The molecule has 0 radical (unpaired) electrons. The number of piperidine rings is 1. The molecule has 3 heterocycles. The lowest BCUT2D eigenvalue weighted by atomic mass is 10.0. The number of nitrogens with one attached hydrogen (secondary N) is 3. The minimum atomic E-state index is -0.148. The summed E-state index contributed by atoms with van der Waals surface area (Å²) in [5, 5.41) is 5.83. The Morgan fingerprint density at radius 1 is 1.23 bits per heavy atom. The van der Waals surface area contributed by atoms with Crippen LogP contribution in [0, 0.1) is 13.8 Å². The first kappa shape index (κ1) is 20.1. The van der Waals surface area contributed by atoms with E-state index in [0.29, 0.717) is 37.2 Å². The van der Waals surface area contributed by atoms with E-state index in [4.69, 9.17) is 0 Å². The van der Waals surface area contributed by atoms with Crippen molar-refractivity contribution in [2.24, 2.45) is 0 Å². The summed E-state index contributed by atoms with van der Waals surface area (Å²) in [6.45, 7) is 6.25. The van der Waals surface area contributed by atoms with E-state index in [1.54, 1.807) is 6.08 Å². The third-order valence-corrected chi connectivity index (χ3v) is 5.75. The molecule has 3 N–H and O–H groups in total. The fourth-order valence-electron chi connectivity index (χ4n) is 4.20. The number of Topliss-reactive ketones (excluding diaryl/α,β-unsaturated/α-hetero) is 1. The van der Waals surface area contributed by atoms with Gasteiger partial charge in [-0.25, -0.2) is 0 Å². The number of para-hydroxylation sites is 1. The number of benzene rings is 1. The van der Waals surface area contributed by atoms with Crippen LogP contribution >= 0.6 is 0 Å². The van der Waals surface area contributed by atoms with Gasteiger partial charge in [0.15, 0.2) is 0 Å². The summed E-state index contributed by atoms with van der Waals surface area (Å²) < 4.78 is 0. The highest BCUT2D eigenvalue weighted by molar-refractivity contribution is 6.34. The number of aromatic amines is 1. The number of anilines is 1. The summed E-state index contributed by atoms with van der Waals surface area (Å²) in [7, 11) is 0. The Hall–Kier alpha value is -3.19. The number of fused-ring (bicyclic) bond motifs is 1. The van der Waals surface area contributed by atoms with Crippen molar-refractivity contribution in [2.75, 3.05) is 31.5 Å². The maximum absolute atomic E-state index is 12.8. The largest absolute Gasteiger partial charge is 0.358 e. The van der Waals surface area contributed by atoms with Gasteiger partial charge in [0.05, 0.1) is 17.7 Å². The van der Waals surface area contributed by atoms with E-state index in [-0.39, 0.29) is 17.6 Å². The van der Waals surface area contributed by atoms with Crippen molar-refractivity contribution in [3.63, 3.8) is 0 Å². The highest BCUT2D eigenvalue weighted by Gasteiger charge is 2.25. The topological polar surface area (TPSA) is 94.3 Å². The molecule has 0 bridgehead atoms. The Balaban J connectivity index is 1.48. The molecule has 0 unspecified atom stereocenters. The van der Waals surface area contributed by atoms with Crippen LogP contribution in [-0.4, -0.2) is 53.7 Å². The molecule has 30 heavy (non-hydrogen) atoms. The quantitative estimate of drug-likeness (QED) is 0.665. The van der Waals surface area contributed by atoms with E-state index in [0.717, 1.165) is 41.2 Å². The molecule has 1 saturated heterocycles. The van der Waals surface area contributed by atoms with Gasteiger partial charge in [0, 0.05) is 42.1 Å². The minimum Gasteiger partial charge on any atom is -0.358 e. The Bertz CT molecular complexity index is 1050. The molecule has 1 aromatic carbocycles. The summed E-state index contributed by atoms with van der Waals surface area (Å²) in [5.74, 6) is -0.0319. The van der Waals surface area contributed by atoms with Crippen molar-refractivity contribution in [3.05, 3.63) is 52.3 Å². The summed E-state index contributed by atoms with van der Waals surface area (Å²) in [6.07, 6.45) is 3.35. The van der Waals surface area contributed by atoms with Crippen LogP contribution in [0.3, 0.4) is 0 Å². The number of H-pyrrole nitrogens is 1. The molecule has 4 rings (SSSR count). The Labute approximate surface area is 175 Å². The third kappa shape index (κ3) is 3.93. The fourth-order valence-corrected chi connectivity index (χ4v) is 4.20. The number of aromatic nitrogens is 1. The van der Waals surface area contributed by atoms with Crippen molar-refractivity contribution in [3.8, 4) is 0 Å². The van der Waals surface area contributed by atoms with Gasteiger partial charge in [0.1, 0.15) is 5.78 Å². The SMILES string of the molecule is Cc1[nH]c(/C=C2\C(=O)Nc3ccccc32)c(C)c1C(=O)NCCN1CCCC(=O)C1. The lowest BCUT2D eigenvalue weighted by Gasteiger charge is -2.25. The van der Waals surface area contributed by atoms with E-state index in [1.165, 1.54) is 0 Å². The monoisotopic (exact) mass is 406 g/mol. The van der Waals surface area contributed by atoms with Crippen molar-refractivity contribution in [2.45, 2.75) is 26.7 Å². The number of rotatable bonds is 5. The van der Waals surface area contributed by atoms with Crippen LogP contribution in [0.1, 0.15) is 45.7 Å². The second-order valence-corrected chi connectivity index (χ2v) is 7.90. The van der Waals surface area contributed by atoms with Crippen LogP contribution in [0.15, 0.2) is 24.3 Å². The van der Waals surface area contributed by atoms with Crippen LogP contribution in [0.25, 0.3) is 11.6 Å². The Kier molecular flexibility index (Phi) is 5.55. The van der Waals surface area contributed by atoms with Crippen LogP contribution in [0.5, 0.6) is 0 Å². The maximum Gasteiger partial charge on any atom is 0.256 e. The predicted octanol–water partition coefficient (Wildman–Crippen LogP) is 2.52. The molecular formula is C23H26N4O3. The van der Waals surface area contributed by atoms with Gasteiger partial charge in [-0.05, 0) is 44.5 Å². The molecular weight excluding hydrogens is 380 g/mol.